The quantitative estimate of drug-likeness (QED) is 0.857. The number of hydrogen-bond acceptors (Lipinski definition) is 1. The van der Waals surface area contributed by atoms with Crippen LogP contribution < -0.4 is 0 Å². The van der Waals surface area contributed by atoms with Crippen molar-refractivity contribution in [3.05, 3.63) is 36.0 Å². The van der Waals surface area contributed by atoms with E-state index in [-0.39, 0.29) is 11.8 Å². The van der Waals surface area contributed by atoms with Crippen LogP contribution in [0.1, 0.15) is 32.3 Å². The maximum atomic E-state index is 12.2. The van der Waals surface area contributed by atoms with Gasteiger partial charge in [-0.15, -0.1) is 0 Å². The highest BCUT2D eigenvalue weighted by molar-refractivity contribution is 5.83. The smallest absolute Gasteiger partial charge is 0.225 e. The van der Waals surface area contributed by atoms with Crippen molar-refractivity contribution in [3.63, 3.8) is 0 Å². The Labute approximate surface area is 121 Å². The number of fused-ring (bicyclic) bond motifs is 1. The molecule has 2 aromatic rings. The normalized spacial score (nSPS) is 11.2. The van der Waals surface area contributed by atoms with Crippen LogP contribution in [-0.4, -0.2) is 29.4 Å². The molecule has 0 fully saturated rings. The minimum Gasteiger partial charge on any atom is -0.361 e. The van der Waals surface area contributed by atoms with E-state index < -0.39 is 0 Å². The van der Waals surface area contributed by atoms with Gasteiger partial charge < -0.3 is 9.88 Å². The first-order valence-electron chi connectivity index (χ1n) is 7.47. The van der Waals surface area contributed by atoms with Crippen LogP contribution in [0.25, 0.3) is 10.9 Å². The molecule has 0 unspecified atom stereocenters. The van der Waals surface area contributed by atoms with Crippen LogP contribution in [-0.2, 0) is 11.2 Å². The number of amides is 1. The van der Waals surface area contributed by atoms with Gasteiger partial charge in [0.15, 0.2) is 0 Å². The fourth-order valence-electron chi connectivity index (χ4n) is 2.69. The zero-order chi connectivity index (χ0) is 14.5. The highest BCUT2D eigenvalue weighted by atomic mass is 16.2. The lowest BCUT2D eigenvalue weighted by Gasteiger charge is -2.22. The zero-order valence-corrected chi connectivity index (χ0v) is 12.6. The highest BCUT2D eigenvalue weighted by Crippen LogP contribution is 2.18. The summed E-state index contributed by atoms with van der Waals surface area (Å²) in [5.41, 5.74) is 2.45. The number of likely N-dealkylation sites (N-methyl/N-ethyl adjacent to an activating group) is 1. The van der Waals surface area contributed by atoms with Crippen molar-refractivity contribution in [1.82, 2.24) is 9.88 Å². The van der Waals surface area contributed by atoms with Gasteiger partial charge >= 0.3 is 0 Å². The Morgan fingerprint density at radius 3 is 2.65 bits per heavy atom. The maximum Gasteiger partial charge on any atom is 0.225 e. The monoisotopic (exact) mass is 272 g/mol. The molecule has 0 aliphatic heterocycles. The molecule has 0 radical (unpaired) electrons. The number of aromatic amines is 1. The average Bonchev–Trinajstić information content (AvgIpc) is 2.89. The lowest BCUT2D eigenvalue weighted by Crippen LogP contribution is -2.34. The fourth-order valence-corrected chi connectivity index (χ4v) is 2.69. The first-order chi connectivity index (χ1) is 9.67. The summed E-state index contributed by atoms with van der Waals surface area (Å²) >= 11 is 0. The molecule has 1 aromatic heterocycles. The Kier molecular flexibility index (Phi) is 4.83. The molecular formula is C17H24N2O. The van der Waals surface area contributed by atoms with Crippen LogP contribution in [0.3, 0.4) is 0 Å². The molecule has 1 aromatic carbocycles. The lowest BCUT2D eigenvalue weighted by atomic mass is 10.0. The Bertz CT molecular complexity index is 569. The third-order valence-electron chi connectivity index (χ3n) is 4.10. The van der Waals surface area contributed by atoms with Gasteiger partial charge in [0.2, 0.25) is 5.91 Å². The Hall–Kier alpha value is -1.77. The van der Waals surface area contributed by atoms with Crippen molar-refractivity contribution in [2.75, 3.05) is 13.6 Å². The summed E-state index contributed by atoms with van der Waals surface area (Å²) < 4.78 is 0. The van der Waals surface area contributed by atoms with Gasteiger partial charge in [-0.05, 0) is 30.9 Å². The molecule has 0 saturated carbocycles. The van der Waals surface area contributed by atoms with Gasteiger partial charge in [-0.2, -0.15) is 0 Å². The van der Waals surface area contributed by atoms with Crippen LogP contribution >= 0.6 is 0 Å². The summed E-state index contributed by atoms with van der Waals surface area (Å²) in [6.07, 6.45) is 4.80. The number of H-pyrrole nitrogens is 1. The fraction of sp³-hybridized carbons (Fsp3) is 0.471. The van der Waals surface area contributed by atoms with Crippen LogP contribution in [0.2, 0.25) is 0 Å². The van der Waals surface area contributed by atoms with E-state index in [1.54, 1.807) is 0 Å². The van der Waals surface area contributed by atoms with Gasteiger partial charge in [-0.25, -0.2) is 0 Å². The van der Waals surface area contributed by atoms with E-state index in [2.05, 4.69) is 43.2 Å². The molecule has 0 atom stereocenters. The van der Waals surface area contributed by atoms with Crippen molar-refractivity contribution in [3.8, 4) is 0 Å². The number of rotatable bonds is 6. The summed E-state index contributed by atoms with van der Waals surface area (Å²) in [4.78, 5) is 17.4. The number of nitrogens with one attached hydrogen (secondary N) is 1. The van der Waals surface area contributed by atoms with E-state index in [1.807, 2.05) is 18.0 Å². The number of hydrogen-bond donors (Lipinski definition) is 1. The van der Waals surface area contributed by atoms with Crippen molar-refractivity contribution >= 4 is 16.8 Å². The van der Waals surface area contributed by atoms with E-state index in [1.165, 1.54) is 10.9 Å². The first-order valence-corrected chi connectivity index (χ1v) is 7.47. The van der Waals surface area contributed by atoms with Gasteiger partial charge in [-0.3, -0.25) is 4.79 Å². The summed E-state index contributed by atoms with van der Waals surface area (Å²) in [7, 11) is 1.91. The van der Waals surface area contributed by atoms with Crippen LogP contribution in [0.4, 0.5) is 0 Å². The van der Waals surface area contributed by atoms with Gasteiger partial charge in [0, 0.05) is 36.6 Å². The second-order valence-electron chi connectivity index (χ2n) is 5.38. The molecule has 20 heavy (non-hydrogen) atoms. The third kappa shape index (κ3) is 3.03. The molecule has 0 spiro atoms. The van der Waals surface area contributed by atoms with Crippen molar-refractivity contribution in [2.24, 2.45) is 5.92 Å². The average molecular weight is 272 g/mol. The van der Waals surface area contributed by atoms with E-state index in [4.69, 9.17) is 0 Å². The van der Waals surface area contributed by atoms with Gasteiger partial charge in [0.1, 0.15) is 0 Å². The maximum absolute atomic E-state index is 12.2. The molecular weight excluding hydrogens is 248 g/mol. The summed E-state index contributed by atoms with van der Waals surface area (Å²) in [6, 6.07) is 8.30. The molecule has 1 heterocycles. The molecule has 108 valence electrons. The van der Waals surface area contributed by atoms with Gasteiger partial charge in [0.05, 0.1) is 0 Å². The second kappa shape index (κ2) is 6.60. The van der Waals surface area contributed by atoms with Crippen molar-refractivity contribution in [1.29, 1.82) is 0 Å². The van der Waals surface area contributed by atoms with Crippen LogP contribution in [0, 0.1) is 5.92 Å². The third-order valence-corrected chi connectivity index (χ3v) is 4.10. The molecule has 0 aliphatic carbocycles. The Balaban J connectivity index is 2.00. The summed E-state index contributed by atoms with van der Waals surface area (Å²) in [6.45, 7) is 4.94. The molecule has 3 heteroatoms. The van der Waals surface area contributed by atoms with Gasteiger partial charge in [-0.1, -0.05) is 32.0 Å². The largest absolute Gasteiger partial charge is 0.361 e. The molecule has 0 saturated heterocycles. The number of aromatic nitrogens is 1. The number of nitrogens with zero attached hydrogens (tertiary/aromatic N) is 1. The number of benzene rings is 1. The zero-order valence-electron chi connectivity index (χ0n) is 12.6. The molecule has 2 rings (SSSR count). The van der Waals surface area contributed by atoms with E-state index >= 15 is 0 Å². The molecule has 1 amide bonds. The van der Waals surface area contributed by atoms with E-state index in [9.17, 15) is 4.79 Å². The van der Waals surface area contributed by atoms with E-state index in [0.29, 0.717) is 0 Å². The highest BCUT2D eigenvalue weighted by Gasteiger charge is 2.18. The summed E-state index contributed by atoms with van der Waals surface area (Å²) in [5.74, 6) is 0.442. The first kappa shape index (κ1) is 14.6. The van der Waals surface area contributed by atoms with Crippen molar-refractivity contribution < 1.29 is 4.79 Å². The van der Waals surface area contributed by atoms with Crippen LogP contribution in [0.15, 0.2) is 30.5 Å². The summed E-state index contributed by atoms with van der Waals surface area (Å²) in [5, 5.41) is 1.26. The lowest BCUT2D eigenvalue weighted by molar-refractivity contribution is -0.134. The van der Waals surface area contributed by atoms with Crippen molar-refractivity contribution in [2.45, 2.75) is 33.1 Å². The molecule has 0 aliphatic rings. The van der Waals surface area contributed by atoms with Gasteiger partial charge in [0.25, 0.3) is 0 Å². The SMILES string of the molecule is CCC(CC)C(=O)N(C)CCc1c[nH]c2ccccc12. The predicted octanol–water partition coefficient (Wildman–Crippen LogP) is 3.61. The minimum absolute atomic E-state index is 0.169. The molecule has 1 N–H and O–H groups in total. The minimum atomic E-state index is 0.169. The second-order valence-corrected chi connectivity index (χ2v) is 5.38. The number of carbonyl (C=O) groups excluding carboxylic acids is 1. The number of para-hydroxylation sites is 1. The van der Waals surface area contributed by atoms with Crippen LogP contribution in [0.5, 0.6) is 0 Å². The standard InChI is InChI=1S/C17H24N2O/c1-4-13(5-2)17(20)19(3)11-10-14-12-18-16-9-7-6-8-15(14)16/h6-9,12-13,18H,4-5,10-11H2,1-3H3. The van der Waals surface area contributed by atoms with E-state index in [0.717, 1.165) is 31.3 Å². The Morgan fingerprint density at radius 2 is 1.95 bits per heavy atom. The topological polar surface area (TPSA) is 36.1 Å². The molecule has 0 bridgehead atoms. The predicted molar refractivity (Wildman–Crippen MR) is 83.7 cm³/mol. The molecule has 3 nitrogen and oxygen atoms in total. The number of carbonyl (C=O) groups is 1. The Morgan fingerprint density at radius 1 is 1.25 bits per heavy atom.